The van der Waals surface area contributed by atoms with Gasteiger partial charge >= 0.3 is 21.7 Å². The molecule has 7 rings (SSSR count). The van der Waals surface area contributed by atoms with E-state index in [1.807, 2.05) is 0 Å². The van der Waals surface area contributed by atoms with Crippen LogP contribution in [0.15, 0.2) is 108 Å². The number of benzene rings is 4. The fraction of sp³-hybridized carbons (Fsp3) is 0.256. The van der Waals surface area contributed by atoms with Crippen LogP contribution in [-0.4, -0.2) is 9.52 Å². The Morgan fingerprint density at radius 1 is 0.568 bits per heavy atom. The Morgan fingerprint density at radius 2 is 0.977 bits per heavy atom. The molecular weight excluding hydrogens is 784 g/mol. The van der Waals surface area contributed by atoms with Gasteiger partial charge in [0.15, 0.2) is 0 Å². The third-order valence-electron chi connectivity index (χ3n) is 8.74. The topological polar surface area (TPSA) is 0 Å². The van der Waals surface area contributed by atoms with Crippen molar-refractivity contribution in [1.29, 1.82) is 0 Å². The molecule has 2 atom stereocenters. The van der Waals surface area contributed by atoms with Crippen LogP contribution in [0.4, 0.5) is 0 Å². The Labute approximate surface area is 314 Å². The quantitative estimate of drug-likeness (QED) is 0.207. The van der Waals surface area contributed by atoms with E-state index in [-0.39, 0.29) is 72.7 Å². The third-order valence-corrected chi connectivity index (χ3v) is 10.2. The molecule has 44 heavy (non-hydrogen) atoms. The van der Waals surface area contributed by atoms with Crippen LogP contribution in [0.2, 0.25) is 12.1 Å². The average Bonchev–Trinajstić information content (AvgIpc) is 3.79. The molecule has 1 saturated heterocycles. The number of allylic oxidation sites excluding steroid dienone is 2. The largest absolute Gasteiger partial charge is 4.00 e. The maximum Gasteiger partial charge on any atom is 4.00 e. The average molecular weight is 823 g/mol. The molecule has 224 valence electrons. The molecule has 3 aliphatic rings. The molecule has 0 N–H and O–H groups in total. The maximum absolute atomic E-state index is 2.63. The molecule has 2 radical (unpaired) electrons. The molecular formula is C39H39Br3SiTi. The second-order valence-electron chi connectivity index (χ2n) is 11.1. The van der Waals surface area contributed by atoms with Gasteiger partial charge < -0.3 is 57.4 Å². The molecule has 2 aliphatic carbocycles. The minimum atomic E-state index is 0. The standard InChI is InChI=1S/C35H31.C4H8Si.3BrH.Ti/c1-3-24-21-34-28(26-13-7-5-8-14-26)17-11-19-30(34)32(24)23-33-25(4-2)22-35-29(18-12-20-31(33)35)27-15-9-6-10-16-27;1-2-4-5-3-1;;;;/h5-23,32-33H,3-4H2,1-2H3;1-4H2;3*1H;/q-1;;;;;+4/p-3. The van der Waals surface area contributed by atoms with Gasteiger partial charge in [-0.3, -0.25) is 0 Å². The summed E-state index contributed by atoms with van der Waals surface area (Å²) < 4.78 is 0. The van der Waals surface area contributed by atoms with E-state index in [0.717, 1.165) is 12.8 Å². The Balaban J connectivity index is 0.000000686. The Hall–Kier alpha value is -1.27. The van der Waals surface area contributed by atoms with Gasteiger partial charge in [-0.1, -0.05) is 170 Å². The molecule has 2 unspecified atom stereocenters. The van der Waals surface area contributed by atoms with Crippen molar-refractivity contribution in [2.45, 2.75) is 63.5 Å². The molecule has 5 heteroatoms. The van der Waals surface area contributed by atoms with Gasteiger partial charge in [-0.25, -0.2) is 0 Å². The van der Waals surface area contributed by atoms with Crippen LogP contribution in [0.1, 0.15) is 73.6 Å². The molecule has 0 bridgehead atoms. The minimum absolute atomic E-state index is 0. The van der Waals surface area contributed by atoms with Gasteiger partial charge in [0.1, 0.15) is 0 Å². The van der Waals surface area contributed by atoms with E-state index in [2.05, 4.69) is 129 Å². The van der Waals surface area contributed by atoms with Gasteiger partial charge in [0, 0.05) is 9.52 Å². The molecule has 0 amide bonds. The minimum Gasteiger partial charge on any atom is -1.00 e. The molecule has 0 aromatic heterocycles. The van der Waals surface area contributed by atoms with E-state index >= 15 is 0 Å². The van der Waals surface area contributed by atoms with E-state index in [1.54, 1.807) is 0 Å². The van der Waals surface area contributed by atoms with Crippen LogP contribution in [0.3, 0.4) is 0 Å². The summed E-state index contributed by atoms with van der Waals surface area (Å²) in [6, 6.07) is 38.4. The second-order valence-corrected chi connectivity index (χ2v) is 12.6. The Bertz CT molecular complexity index is 1410. The van der Waals surface area contributed by atoms with E-state index in [1.165, 1.54) is 90.1 Å². The number of hydrogen-bond donors (Lipinski definition) is 0. The van der Waals surface area contributed by atoms with Crippen LogP contribution < -0.4 is 50.9 Å². The molecule has 0 spiro atoms. The molecule has 0 nitrogen and oxygen atoms in total. The van der Waals surface area contributed by atoms with Gasteiger partial charge in [0.25, 0.3) is 0 Å². The molecule has 1 heterocycles. The van der Waals surface area contributed by atoms with Crippen LogP contribution in [0.25, 0.3) is 34.4 Å². The number of halogens is 3. The van der Waals surface area contributed by atoms with Crippen LogP contribution in [0, 0.1) is 6.42 Å². The second kappa shape index (κ2) is 18.8. The fourth-order valence-corrected chi connectivity index (χ4v) is 7.89. The van der Waals surface area contributed by atoms with Crippen LogP contribution in [0.5, 0.6) is 0 Å². The van der Waals surface area contributed by atoms with Crippen molar-refractivity contribution in [3.05, 3.63) is 137 Å². The summed E-state index contributed by atoms with van der Waals surface area (Å²) >= 11 is 0. The zero-order chi connectivity index (χ0) is 27.3. The number of fused-ring (bicyclic) bond motifs is 2. The summed E-state index contributed by atoms with van der Waals surface area (Å²) in [7, 11) is 1.31. The van der Waals surface area contributed by atoms with E-state index in [0.29, 0.717) is 11.8 Å². The summed E-state index contributed by atoms with van der Waals surface area (Å²) in [6.45, 7) is 4.60. The van der Waals surface area contributed by atoms with Gasteiger partial charge in [-0.15, -0.1) is 11.8 Å². The van der Waals surface area contributed by atoms with Crippen LogP contribution >= 0.6 is 0 Å². The first-order valence-corrected chi connectivity index (χ1v) is 16.5. The van der Waals surface area contributed by atoms with Crippen molar-refractivity contribution in [1.82, 2.24) is 0 Å². The summed E-state index contributed by atoms with van der Waals surface area (Å²) in [5.41, 5.74) is 14.0. The van der Waals surface area contributed by atoms with Crippen molar-refractivity contribution >= 4 is 21.7 Å². The first-order chi connectivity index (χ1) is 19.8. The Morgan fingerprint density at radius 3 is 1.32 bits per heavy atom. The summed E-state index contributed by atoms with van der Waals surface area (Å²) in [6.07, 6.45) is 12.7. The molecule has 1 aliphatic heterocycles. The SMILES string of the molecule is C1CC[Si]C1.CCC1=Cc2c(-c3ccccc3)cccc2C1[CH-]C1C(CC)=Cc2c(-c3ccccc3)cccc21.[Br-].[Br-].[Br-].[Ti+4]. The maximum atomic E-state index is 2.63. The third kappa shape index (κ3) is 8.35. The first-order valence-electron chi connectivity index (χ1n) is 15.1. The smallest absolute Gasteiger partial charge is 1.00 e. The predicted molar refractivity (Wildman–Crippen MR) is 175 cm³/mol. The van der Waals surface area contributed by atoms with E-state index < -0.39 is 0 Å². The predicted octanol–water partition coefficient (Wildman–Crippen LogP) is 2.04. The van der Waals surface area contributed by atoms with Crippen LogP contribution in [-0.2, 0) is 21.7 Å². The fourth-order valence-electron chi connectivity index (χ4n) is 6.64. The number of rotatable bonds is 6. The van der Waals surface area contributed by atoms with Crippen molar-refractivity contribution in [3.8, 4) is 22.3 Å². The number of hydrogen-bond acceptors (Lipinski definition) is 0. The van der Waals surface area contributed by atoms with Gasteiger partial charge in [-0.2, -0.15) is 0 Å². The zero-order valence-electron chi connectivity index (χ0n) is 25.5. The molecule has 4 aromatic carbocycles. The summed E-state index contributed by atoms with van der Waals surface area (Å²) in [5.74, 6) is 0.704. The van der Waals surface area contributed by atoms with Crippen molar-refractivity contribution in [3.63, 3.8) is 0 Å². The van der Waals surface area contributed by atoms with E-state index in [9.17, 15) is 0 Å². The van der Waals surface area contributed by atoms with Gasteiger partial charge in [0.05, 0.1) is 0 Å². The molecule has 4 aromatic rings. The van der Waals surface area contributed by atoms with E-state index in [4.69, 9.17) is 0 Å². The Kier molecular flexibility index (Phi) is 16.6. The van der Waals surface area contributed by atoms with Gasteiger partial charge in [-0.05, 0) is 46.2 Å². The monoisotopic (exact) mass is 820 g/mol. The van der Waals surface area contributed by atoms with Crippen molar-refractivity contribution < 1.29 is 72.7 Å². The summed E-state index contributed by atoms with van der Waals surface area (Å²) in [5, 5.41) is 0. The van der Waals surface area contributed by atoms with Gasteiger partial charge in [0.2, 0.25) is 0 Å². The summed E-state index contributed by atoms with van der Waals surface area (Å²) in [4.78, 5) is 0. The normalized spacial score (nSPS) is 17.1. The molecule has 0 saturated carbocycles. The van der Waals surface area contributed by atoms with Crippen molar-refractivity contribution in [2.75, 3.05) is 0 Å². The molecule has 1 fully saturated rings. The first kappa shape index (κ1) is 38.9. The zero-order valence-corrected chi connectivity index (χ0v) is 32.8. The van der Waals surface area contributed by atoms with Crippen molar-refractivity contribution in [2.24, 2.45) is 0 Å².